The molecule has 3 aromatic heterocycles. The molecule has 0 spiro atoms. The minimum absolute atomic E-state index is 0.0955. The van der Waals surface area contributed by atoms with Gasteiger partial charge in [-0.1, -0.05) is 48.5 Å². The molecule has 0 atom stereocenters. The van der Waals surface area contributed by atoms with E-state index in [0.717, 1.165) is 78.1 Å². The zero-order valence-electron chi connectivity index (χ0n) is 31.8. The number of nitrogens with zero attached hydrogens (tertiary/aromatic N) is 2. The second kappa shape index (κ2) is 14.7. The molecule has 0 saturated carbocycles. The molecule has 9 heteroatoms. The van der Waals surface area contributed by atoms with E-state index in [1.165, 1.54) is 0 Å². The molecule has 2 N–H and O–H groups in total. The van der Waals surface area contributed by atoms with Crippen molar-refractivity contribution in [2.75, 3.05) is 28.4 Å². The van der Waals surface area contributed by atoms with Gasteiger partial charge in [0.1, 0.15) is 28.7 Å². The van der Waals surface area contributed by atoms with Crippen molar-refractivity contribution in [3.63, 3.8) is 0 Å². The van der Waals surface area contributed by atoms with E-state index in [9.17, 15) is 4.79 Å². The summed E-state index contributed by atoms with van der Waals surface area (Å²) in [4.78, 5) is 32.5. The molecule has 0 aliphatic carbocycles. The van der Waals surface area contributed by atoms with Crippen molar-refractivity contribution in [3.05, 3.63) is 144 Å². The van der Waals surface area contributed by atoms with Gasteiger partial charge in [-0.3, -0.25) is 4.79 Å². The van der Waals surface area contributed by atoms with Crippen molar-refractivity contribution >= 4 is 40.0 Å². The molecule has 57 heavy (non-hydrogen) atoms. The van der Waals surface area contributed by atoms with Crippen molar-refractivity contribution in [1.82, 2.24) is 19.9 Å². The molecule has 2 aliphatic heterocycles. The molecule has 0 saturated heterocycles. The molecule has 0 fully saturated rings. The van der Waals surface area contributed by atoms with Gasteiger partial charge >= 0.3 is 0 Å². The summed E-state index contributed by atoms with van der Waals surface area (Å²) in [6.45, 7) is 0. The number of ether oxygens (including phenoxy) is 4. The number of carbonyl (C=O) groups excluding carboxylic acids is 1. The Morgan fingerprint density at radius 3 is 1.25 bits per heavy atom. The maximum absolute atomic E-state index is 14.4. The number of Topliss-reactive ketones (excluding diaryl/α,β-unsaturated/α-hetero) is 1. The SMILES string of the molecule is COc1cccc(-c2c3nc(c(-c4cccc(OC)c4)c4ccc([nH]4)c(-c4cccc(OC)c4)c4nc(c(-c5cccc(OC)c5)c5ccc2[nH]5)CC4=O)C=C3)c1. The summed E-state index contributed by atoms with van der Waals surface area (Å²) in [5.74, 6) is 2.70. The minimum Gasteiger partial charge on any atom is -0.497 e. The van der Waals surface area contributed by atoms with Gasteiger partial charge in [0, 0.05) is 44.3 Å². The first-order valence-corrected chi connectivity index (χ1v) is 18.5. The Hall–Kier alpha value is -7.39. The van der Waals surface area contributed by atoms with Crippen LogP contribution in [0.1, 0.15) is 27.6 Å². The highest BCUT2D eigenvalue weighted by molar-refractivity contribution is 6.08. The van der Waals surface area contributed by atoms with Gasteiger partial charge in [0.05, 0.1) is 51.9 Å². The molecule has 2 aliphatic rings. The van der Waals surface area contributed by atoms with E-state index >= 15 is 0 Å². The van der Waals surface area contributed by atoms with Crippen LogP contribution in [-0.4, -0.2) is 54.2 Å². The zero-order valence-corrected chi connectivity index (χ0v) is 31.8. The number of hydrogen-bond acceptors (Lipinski definition) is 7. The van der Waals surface area contributed by atoms with Gasteiger partial charge < -0.3 is 28.9 Å². The van der Waals surface area contributed by atoms with Crippen LogP contribution in [0.3, 0.4) is 0 Å². The lowest BCUT2D eigenvalue weighted by Crippen LogP contribution is -1.99. The first-order chi connectivity index (χ1) is 27.9. The van der Waals surface area contributed by atoms with Gasteiger partial charge in [0.15, 0.2) is 5.78 Å². The lowest BCUT2D eigenvalue weighted by atomic mass is 9.99. The zero-order chi connectivity index (χ0) is 39.0. The van der Waals surface area contributed by atoms with Crippen LogP contribution in [0.2, 0.25) is 0 Å². The molecule has 0 unspecified atom stereocenters. The fraction of sp³-hybridized carbons (Fsp3) is 0.104. The van der Waals surface area contributed by atoms with Crippen molar-refractivity contribution in [1.29, 1.82) is 0 Å². The maximum atomic E-state index is 14.4. The molecular weight excluding hydrogens is 713 g/mol. The Kier molecular flexibility index (Phi) is 9.10. The Bertz CT molecular complexity index is 2920. The summed E-state index contributed by atoms with van der Waals surface area (Å²) in [7, 11) is 6.60. The summed E-state index contributed by atoms with van der Waals surface area (Å²) in [6.07, 6.45) is 4.19. The standard InChI is InChI=1S/C48H38N4O5/c1-54-32-13-5-9-28(23-32)44-36-17-18-37(49-36)45(29-10-6-14-33(24-29)55-2)39-21-22-41(51-39)47(31-12-8-16-35(26-31)57-4)48-43(53)27-42(52-48)46(40-20-19-38(44)50-40)30-11-7-15-34(25-30)56-3/h5-26,50-51H,27H2,1-4H3. The van der Waals surface area contributed by atoms with Gasteiger partial charge in [0.25, 0.3) is 0 Å². The Morgan fingerprint density at radius 2 is 0.825 bits per heavy atom. The van der Waals surface area contributed by atoms with Crippen LogP contribution in [-0.2, 0) is 6.42 Å². The third-order valence-electron chi connectivity index (χ3n) is 10.4. The van der Waals surface area contributed by atoms with E-state index in [1.54, 1.807) is 28.4 Å². The smallest absolute Gasteiger partial charge is 0.187 e. The van der Waals surface area contributed by atoms with E-state index in [-0.39, 0.29) is 12.2 Å². The number of aromatic nitrogens is 4. The first kappa shape index (κ1) is 35.3. The summed E-state index contributed by atoms with van der Waals surface area (Å²) in [5.41, 5.74) is 12.3. The quantitative estimate of drug-likeness (QED) is 0.159. The molecule has 9 nitrogen and oxygen atoms in total. The molecule has 5 heterocycles. The topological polar surface area (TPSA) is 111 Å². The third-order valence-corrected chi connectivity index (χ3v) is 10.4. The second-order valence-electron chi connectivity index (χ2n) is 13.7. The van der Waals surface area contributed by atoms with E-state index in [4.69, 9.17) is 28.9 Å². The Morgan fingerprint density at radius 1 is 0.456 bits per heavy atom. The third kappa shape index (κ3) is 6.49. The molecule has 0 radical (unpaired) electrons. The van der Waals surface area contributed by atoms with E-state index in [1.807, 2.05) is 121 Å². The number of nitrogens with one attached hydrogen (secondary N) is 2. The van der Waals surface area contributed by atoms with E-state index in [2.05, 4.69) is 22.1 Å². The average Bonchev–Trinajstić information content (AvgIpc) is 4.09. The van der Waals surface area contributed by atoms with Gasteiger partial charge in [0.2, 0.25) is 0 Å². The number of carbonyl (C=O) groups is 1. The van der Waals surface area contributed by atoms with Crippen molar-refractivity contribution in [2.45, 2.75) is 6.42 Å². The highest BCUT2D eigenvalue weighted by Crippen LogP contribution is 2.40. The van der Waals surface area contributed by atoms with Crippen LogP contribution in [0.15, 0.2) is 121 Å². The Labute approximate surface area is 329 Å². The van der Waals surface area contributed by atoms with Gasteiger partial charge in [-0.2, -0.15) is 0 Å². The predicted octanol–water partition coefficient (Wildman–Crippen LogP) is 10.6. The second-order valence-corrected chi connectivity index (χ2v) is 13.7. The van der Waals surface area contributed by atoms with Crippen LogP contribution in [0.25, 0.3) is 78.7 Å². The molecular formula is C48H38N4O5. The van der Waals surface area contributed by atoms with Gasteiger partial charge in [-0.05, 0) is 107 Å². The van der Waals surface area contributed by atoms with Crippen LogP contribution in [0.5, 0.6) is 23.0 Å². The highest BCUT2D eigenvalue weighted by atomic mass is 16.5. The number of aromatic amines is 2. The number of rotatable bonds is 8. The van der Waals surface area contributed by atoms with Crippen LogP contribution < -0.4 is 18.9 Å². The van der Waals surface area contributed by atoms with Crippen molar-refractivity contribution in [3.8, 4) is 67.5 Å². The van der Waals surface area contributed by atoms with Crippen LogP contribution >= 0.6 is 0 Å². The number of ketones is 1. The molecule has 280 valence electrons. The summed E-state index contributed by atoms with van der Waals surface area (Å²) >= 11 is 0. The first-order valence-electron chi connectivity index (χ1n) is 18.5. The maximum Gasteiger partial charge on any atom is 0.187 e. The van der Waals surface area contributed by atoms with Gasteiger partial charge in [-0.25, -0.2) is 9.97 Å². The fourth-order valence-corrected chi connectivity index (χ4v) is 7.72. The van der Waals surface area contributed by atoms with Crippen molar-refractivity contribution < 1.29 is 23.7 Å². The minimum atomic E-state index is -0.0991. The summed E-state index contributed by atoms with van der Waals surface area (Å²) in [6, 6.07) is 39.6. The summed E-state index contributed by atoms with van der Waals surface area (Å²) < 4.78 is 22.7. The van der Waals surface area contributed by atoms with E-state index in [0.29, 0.717) is 34.2 Å². The fourth-order valence-electron chi connectivity index (χ4n) is 7.72. The largest absolute Gasteiger partial charge is 0.497 e. The molecule has 8 bridgehead atoms. The lowest BCUT2D eigenvalue weighted by molar-refractivity contribution is 0.0999. The van der Waals surface area contributed by atoms with Crippen LogP contribution in [0, 0.1) is 0 Å². The normalized spacial score (nSPS) is 12.1. The monoisotopic (exact) mass is 750 g/mol. The molecule has 9 rings (SSSR count). The van der Waals surface area contributed by atoms with Crippen LogP contribution in [0.4, 0.5) is 0 Å². The Balaban J connectivity index is 1.49. The van der Waals surface area contributed by atoms with E-state index < -0.39 is 0 Å². The predicted molar refractivity (Wildman–Crippen MR) is 226 cm³/mol. The molecule has 4 aromatic carbocycles. The highest BCUT2D eigenvalue weighted by Gasteiger charge is 2.26. The van der Waals surface area contributed by atoms with Gasteiger partial charge in [-0.15, -0.1) is 0 Å². The summed E-state index contributed by atoms with van der Waals surface area (Å²) in [5, 5.41) is 0. The van der Waals surface area contributed by atoms with Crippen molar-refractivity contribution in [2.24, 2.45) is 0 Å². The average molecular weight is 751 g/mol. The number of hydrogen-bond donors (Lipinski definition) is 2. The lowest BCUT2D eigenvalue weighted by Gasteiger charge is -2.09. The number of methoxy groups -OCH3 is 4. The molecule has 7 aromatic rings. The molecule has 0 amide bonds. The number of benzene rings is 4. The number of H-pyrrole nitrogens is 2. The number of fused-ring (bicyclic) bond motifs is 8.